The van der Waals surface area contributed by atoms with Gasteiger partial charge in [-0.2, -0.15) is 0 Å². The molecule has 2 heterocycles. The smallest absolute Gasteiger partial charge is 0.313 e. The number of hydrogen-bond donors (Lipinski definition) is 2. The fourth-order valence-electron chi connectivity index (χ4n) is 3.61. The molecule has 0 radical (unpaired) electrons. The quantitative estimate of drug-likeness (QED) is 0.478. The SMILES string of the molecule is COc1cc2oc3ccccc3c2cc1NC(=O)C(=O)NCCCN1CCOCC1. The number of methoxy groups -OCH3 is 1. The second-order valence-electron chi connectivity index (χ2n) is 7.16. The van der Waals surface area contributed by atoms with Gasteiger partial charge in [0, 0.05) is 36.5 Å². The number of fused-ring (bicyclic) bond motifs is 3. The highest BCUT2D eigenvalue weighted by Gasteiger charge is 2.18. The van der Waals surface area contributed by atoms with Gasteiger partial charge in [-0.1, -0.05) is 18.2 Å². The summed E-state index contributed by atoms with van der Waals surface area (Å²) >= 11 is 0. The lowest BCUT2D eigenvalue weighted by Crippen LogP contribution is -2.39. The average Bonchev–Trinajstić information content (AvgIpc) is 3.14. The van der Waals surface area contributed by atoms with Gasteiger partial charge < -0.3 is 24.5 Å². The third-order valence-corrected chi connectivity index (χ3v) is 5.19. The molecule has 0 aliphatic carbocycles. The van der Waals surface area contributed by atoms with Gasteiger partial charge in [0.2, 0.25) is 0 Å². The molecule has 1 aromatic heterocycles. The van der Waals surface area contributed by atoms with Crippen LogP contribution in [0.25, 0.3) is 21.9 Å². The maximum Gasteiger partial charge on any atom is 0.313 e. The topological polar surface area (TPSA) is 93.0 Å². The summed E-state index contributed by atoms with van der Waals surface area (Å²) in [6.45, 7) is 4.59. The first-order chi connectivity index (χ1) is 14.7. The molecular formula is C22H25N3O5. The monoisotopic (exact) mass is 411 g/mol. The molecule has 1 aliphatic heterocycles. The molecule has 4 rings (SSSR count). The number of anilines is 1. The molecule has 0 saturated carbocycles. The third-order valence-electron chi connectivity index (χ3n) is 5.19. The summed E-state index contributed by atoms with van der Waals surface area (Å²) in [4.78, 5) is 26.9. The van der Waals surface area contributed by atoms with E-state index in [2.05, 4.69) is 15.5 Å². The van der Waals surface area contributed by atoms with Crippen molar-refractivity contribution in [3.05, 3.63) is 36.4 Å². The summed E-state index contributed by atoms with van der Waals surface area (Å²) in [5.74, 6) is -0.974. The summed E-state index contributed by atoms with van der Waals surface area (Å²) in [6, 6.07) is 11.1. The van der Waals surface area contributed by atoms with Crippen LogP contribution in [0, 0.1) is 0 Å². The van der Waals surface area contributed by atoms with Gasteiger partial charge in [-0.3, -0.25) is 14.5 Å². The number of rotatable bonds is 6. The third kappa shape index (κ3) is 4.39. The van der Waals surface area contributed by atoms with Gasteiger partial charge >= 0.3 is 11.8 Å². The highest BCUT2D eigenvalue weighted by Crippen LogP contribution is 2.36. The Labute approximate surface area is 174 Å². The lowest BCUT2D eigenvalue weighted by atomic mass is 10.1. The largest absolute Gasteiger partial charge is 0.494 e. The van der Waals surface area contributed by atoms with Crippen LogP contribution in [-0.4, -0.2) is 63.2 Å². The molecule has 1 aliphatic rings. The second-order valence-corrected chi connectivity index (χ2v) is 7.16. The maximum atomic E-state index is 12.4. The maximum absolute atomic E-state index is 12.4. The van der Waals surface area contributed by atoms with Crippen LogP contribution >= 0.6 is 0 Å². The van der Waals surface area contributed by atoms with Crippen molar-refractivity contribution in [3.8, 4) is 5.75 Å². The van der Waals surface area contributed by atoms with Gasteiger partial charge in [-0.15, -0.1) is 0 Å². The van der Waals surface area contributed by atoms with Crippen molar-refractivity contribution in [1.29, 1.82) is 0 Å². The number of nitrogens with zero attached hydrogens (tertiary/aromatic N) is 1. The predicted molar refractivity (Wildman–Crippen MR) is 114 cm³/mol. The minimum atomic E-state index is -0.730. The lowest BCUT2D eigenvalue weighted by Gasteiger charge is -2.26. The van der Waals surface area contributed by atoms with Crippen LogP contribution < -0.4 is 15.4 Å². The highest BCUT2D eigenvalue weighted by atomic mass is 16.5. The van der Waals surface area contributed by atoms with E-state index in [1.54, 1.807) is 12.1 Å². The van der Waals surface area contributed by atoms with Crippen LogP contribution in [-0.2, 0) is 14.3 Å². The molecule has 0 atom stereocenters. The summed E-state index contributed by atoms with van der Waals surface area (Å²) in [7, 11) is 1.51. The van der Waals surface area contributed by atoms with Gasteiger partial charge in [0.1, 0.15) is 16.9 Å². The molecule has 8 heteroatoms. The zero-order valence-corrected chi connectivity index (χ0v) is 16.9. The molecule has 30 heavy (non-hydrogen) atoms. The molecule has 2 aromatic carbocycles. The van der Waals surface area contributed by atoms with Crippen molar-refractivity contribution >= 4 is 39.4 Å². The Morgan fingerprint density at radius 1 is 1.07 bits per heavy atom. The normalized spacial score (nSPS) is 14.7. The second kappa shape index (κ2) is 9.15. The van der Waals surface area contributed by atoms with Crippen LogP contribution in [0.5, 0.6) is 5.75 Å². The number of carbonyl (C=O) groups is 2. The van der Waals surface area contributed by atoms with Gasteiger partial charge in [0.15, 0.2) is 0 Å². The van der Waals surface area contributed by atoms with Crippen molar-refractivity contribution in [2.75, 3.05) is 51.8 Å². The van der Waals surface area contributed by atoms with Gasteiger partial charge in [0.05, 0.1) is 26.0 Å². The van der Waals surface area contributed by atoms with E-state index >= 15 is 0 Å². The minimum absolute atomic E-state index is 0.421. The number of nitrogens with one attached hydrogen (secondary N) is 2. The minimum Gasteiger partial charge on any atom is -0.494 e. The number of morpholine rings is 1. The zero-order chi connectivity index (χ0) is 20.9. The first kappa shape index (κ1) is 20.2. The zero-order valence-electron chi connectivity index (χ0n) is 16.9. The first-order valence-corrected chi connectivity index (χ1v) is 10.0. The van der Waals surface area contributed by atoms with E-state index in [1.165, 1.54) is 7.11 Å². The summed E-state index contributed by atoms with van der Waals surface area (Å²) in [5, 5.41) is 7.10. The highest BCUT2D eigenvalue weighted by molar-refractivity contribution is 6.40. The molecule has 2 N–H and O–H groups in total. The van der Waals surface area contributed by atoms with E-state index in [-0.39, 0.29) is 0 Å². The lowest BCUT2D eigenvalue weighted by molar-refractivity contribution is -0.136. The Hall–Kier alpha value is -3.10. The van der Waals surface area contributed by atoms with Crippen LogP contribution in [0.4, 0.5) is 5.69 Å². The molecule has 0 unspecified atom stereocenters. The summed E-state index contributed by atoms with van der Waals surface area (Å²) in [6.07, 6.45) is 0.773. The molecule has 158 valence electrons. The molecule has 0 spiro atoms. The van der Waals surface area contributed by atoms with E-state index in [0.717, 1.165) is 55.6 Å². The molecular weight excluding hydrogens is 386 g/mol. The van der Waals surface area contributed by atoms with E-state index in [0.29, 0.717) is 23.6 Å². The summed E-state index contributed by atoms with van der Waals surface area (Å²) in [5.41, 5.74) is 1.82. The van der Waals surface area contributed by atoms with Crippen LogP contribution in [0.2, 0.25) is 0 Å². The van der Waals surface area contributed by atoms with Gasteiger partial charge in [-0.25, -0.2) is 0 Å². The van der Waals surface area contributed by atoms with Crippen molar-refractivity contribution in [1.82, 2.24) is 10.2 Å². The number of hydrogen-bond acceptors (Lipinski definition) is 6. The van der Waals surface area contributed by atoms with Gasteiger partial charge in [0.25, 0.3) is 0 Å². The molecule has 8 nitrogen and oxygen atoms in total. The molecule has 3 aromatic rings. The van der Waals surface area contributed by atoms with E-state index in [9.17, 15) is 9.59 Å². The number of benzene rings is 2. The summed E-state index contributed by atoms with van der Waals surface area (Å²) < 4.78 is 16.5. The first-order valence-electron chi connectivity index (χ1n) is 10.0. The van der Waals surface area contributed by atoms with Crippen molar-refractivity contribution in [3.63, 3.8) is 0 Å². The number of carbonyl (C=O) groups excluding carboxylic acids is 2. The number of ether oxygens (including phenoxy) is 2. The van der Waals surface area contributed by atoms with Crippen molar-refractivity contribution in [2.45, 2.75) is 6.42 Å². The van der Waals surface area contributed by atoms with E-state index < -0.39 is 11.8 Å². The van der Waals surface area contributed by atoms with E-state index in [1.807, 2.05) is 24.3 Å². The standard InChI is InChI=1S/C22H25N3O5/c1-28-20-14-19-16(15-5-2-3-6-18(15)30-19)13-17(20)24-22(27)21(26)23-7-4-8-25-9-11-29-12-10-25/h2-3,5-6,13-14H,4,7-12H2,1H3,(H,23,26)(H,24,27). The van der Waals surface area contributed by atoms with E-state index in [4.69, 9.17) is 13.9 Å². The molecule has 1 fully saturated rings. The van der Waals surface area contributed by atoms with Crippen LogP contribution in [0.1, 0.15) is 6.42 Å². The predicted octanol–water partition coefficient (Wildman–Crippen LogP) is 2.37. The van der Waals surface area contributed by atoms with Crippen molar-refractivity contribution in [2.24, 2.45) is 0 Å². The fourth-order valence-corrected chi connectivity index (χ4v) is 3.61. The number of furan rings is 1. The Morgan fingerprint density at radius 3 is 2.67 bits per heavy atom. The Bertz CT molecular complexity index is 1060. The number of para-hydroxylation sites is 1. The molecule has 2 amide bonds. The number of amides is 2. The average molecular weight is 411 g/mol. The molecule has 1 saturated heterocycles. The Balaban J connectivity index is 1.39. The van der Waals surface area contributed by atoms with Gasteiger partial charge in [-0.05, 0) is 25.1 Å². The Morgan fingerprint density at radius 2 is 1.87 bits per heavy atom. The van der Waals surface area contributed by atoms with Crippen LogP contribution in [0.3, 0.4) is 0 Å². The molecule has 0 bridgehead atoms. The Kier molecular flexibility index (Phi) is 6.15. The van der Waals surface area contributed by atoms with Crippen molar-refractivity contribution < 1.29 is 23.5 Å². The fraction of sp³-hybridized carbons (Fsp3) is 0.364. The van der Waals surface area contributed by atoms with Crippen LogP contribution in [0.15, 0.2) is 40.8 Å².